The van der Waals surface area contributed by atoms with Crippen molar-refractivity contribution < 1.29 is 9.90 Å². The number of aromatic nitrogens is 2. The van der Waals surface area contributed by atoms with Crippen molar-refractivity contribution in [3.63, 3.8) is 0 Å². The van der Waals surface area contributed by atoms with Crippen molar-refractivity contribution in [1.82, 2.24) is 9.97 Å². The molecule has 0 radical (unpaired) electrons. The maximum Gasteiger partial charge on any atom is 0.312 e. The number of fused-ring (bicyclic) bond motifs is 1. The first-order valence-electron chi connectivity index (χ1n) is 4.73. The number of carboxylic acids is 1. The summed E-state index contributed by atoms with van der Waals surface area (Å²) in [6, 6.07) is 5.53. The number of halogens is 1. The van der Waals surface area contributed by atoms with E-state index in [1.807, 2.05) is 18.2 Å². The van der Waals surface area contributed by atoms with Gasteiger partial charge in [-0.05, 0) is 28.9 Å². The normalized spacial score (nSPS) is 12.6. The summed E-state index contributed by atoms with van der Waals surface area (Å²) in [6.45, 7) is 1.62. The van der Waals surface area contributed by atoms with Gasteiger partial charge in [0.25, 0.3) is 0 Å². The molecule has 16 heavy (non-hydrogen) atoms. The Bertz CT molecular complexity index is 557. The molecule has 2 rings (SSSR count). The maximum atomic E-state index is 11.0. The second kappa shape index (κ2) is 4.17. The number of nitrogens with zero attached hydrogens (tertiary/aromatic N) is 2. The van der Waals surface area contributed by atoms with Gasteiger partial charge in [-0.1, -0.05) is 12.1 Å². The lowest BCUT2D eigenvalue weighted by Gasteiger charge is -2.09. The molecule has 1 aromatic heterocycles. The Morgan fingerprint density at radius 2 is 2.19 bits per heavy atom. The van der Waals surface area contributed by atoms with Gasteiger partial charge in [-0.3, -0.25) is 4.79 Å². The number of aliphatic carboxylic acids is 1. The minimum absolute atomic E-state index is 0.541. The predicted octanol–water partition coefficient (Wildman–Crippen LogP) is 2.58. The fraction of sp³-hybridized carbons (Fsp3) is 0.182. The van der Waals surface area contributed by atoms with E-state index in [9.17, 15) is 4.79 Å². The van der Waals surface area contributed by atoms with Crippen LogP contribution in [0.1, 0.15) is 18.5 Å². The van der Waals surface area contributed by atoms with Gasteiger partial charge >= 0.3 is 5.97 Å². The number of benzene rings is 1. The van der Waals surface area contributed by atoms with Crippen molar-refractivity contribution >= 4 is 32.8 Å². The summed E-state index contributed by atoms with van der Waals surface area (Å²) in [5, 5.41) is 9.76. The highest BCUT2D eigenvalue weighted by molar-refractivity contribution is 9.10. The van der Waals surface area contributed by atoms with Crippen LogP contribution in [0.3, 0.4) is 0 Å². The Labute approximate surface area is 100 Å². The monoisotopic (exact) mass is 280 g/mol. The van der Waals surface area contributed by atoms with Crippen molar-refractivity contribution in [1.29, 1.82) is 0 Å². The van der Waals surface area contributed by atoms with Crippen LogP contribution in [0.15, 0.2) is 29.0 Å². The molecule has 1 aromatic carbocycles. The zero-order valence-corrected chi connectivity index (χ0v) is 10.1. The lowest BCUT2D eigenvalue weighted by Crippen LogP contribution is -2.10. The van der Waals surface area contributed by atoms with E-state index in [2.05, 4.69) is 25.9 Å². The Kier molecular flexibility index (Phi) is 2.87. The van der Waals surface area contributed by atoms with Crippen molar-refractivity contribution in [2.24, 2.45) is 0 Å². The molecular formula is C11H9BrN2O2. The molecule has 1 N–H and O–H groups in total. The molecule has 1 unspecified atom stereocenters. The highest BCUT2D eigenvalue weighted by Gasteiger charge is 2.18. The molecule has 82 valence electrons. The number of hydrogen-bond acceptors (Lipinski definition) is 3. The van der Waals surface area contributed by atoms with E-state index in [-0.39, 0.29) is 0 Å². The molecule has 0 saturated carbocycles. The van der Waals surface area contributed by atoms with Gasteiger partial charge in [-0.2, -0.15) is 0 Å². The minimum Gasteiger partial charge on any atom is -0.481 e. The summed E-state index contributed by atoms with van der Waals surface area (Å²) in [5.74, 6) is -1.53. The van der Waals surface area contributed by atoms with Crippen LogP contribution in [-0.4, -0.2) is 21.0 Å². The van der Waals surface area contributed by atoms with Crippen LogP contribution in [0.4, 0.5) is 0 Å². The highest BCUT2D eigenvalue weighted by Crippen LogP contribution is 2.26. The van der Waals surface area contributed by atoms with E-state index in [4.69, 9.17) is 5.11 Å². The predicted molar refractivity (Wildman–Crippen MR) is 63.3 cm³/mol. The topological polar surface area (TPSA) is 63.1 Å². The minimum atomic E-state index is -0.889. The molecule has 0 aliphatic heterocycles. The van der Waals surface area contributed by atoms with Crippen LogP contribution in [0, 0.1) is 0 Å². The summed E-state index contributed by atoms with van der Waals surface area (Å²) < 4.78 is 0.839. The molecule has 0 saturated heterocycles. The van der Waals surface area contributed by atoms with Crippen LogP contribution >= 0.6 is 15.9 Å². The molecule has 1 atom stereocenters. The van der Waals surface area contributed by atoms with Crippen molar-refractivity contribution in [2.75, 3.05) is 0 Å². The molecule has 0 aliphatic carbocycles. The van der Waals surface area contributed by atoms with Crippen LogP contribution in [-0.2, 0) is 4.79 Å². The summed E-state index contributed by atoms with van der Waals surface area (Å²) in [5.41, 5.74) is 1.28. The average Bonchev–Trinajstić information content (AvgIpc) is 2.28. The molecule has 0 bridgehead atoms. The second-order valence-electron chi connectivity index (χ2n) is 3.45. The molecule has 0 spiro atoms. The average molecular weight is 281 g/mol. The van der Waals surface area contributed by atoms with E-state index in [1.54, 1.807) is 6.92 Å². The Morgan fingerprint density at radius 1 is 1.44 bits per heavy atom. The largest absolute Gasteiger partial charge is 0.481 e. The van der Waals surface area contributed by atoms with Crippen molar-refractivity contribution in [3.05, 3.63) is 34.7 Å². The third-order valence-corrected chi connectivity index (χ3v) is 3.07. The van der Waals surface area contributed by atoms with E-state index in [0.29, 0.717) is 5.69 Å². The van der Waals surface area contributed by atoms with Gasteiger partial charge in [-0.25, -0.2) is 9.97 Å². The van der Waals surface area contributed by atoms with Crippen LogP contribution in [0.5, 0.6) is 0 Å². The maximum absolute atomic E-state index is 11.0. The van der Waals surface area contributed by atoms with Gasteiger partial charge in [0, 0.05) is 9.86 Å². The Balaban J connectivity index is 2.72. The van der Waals surface area contributed by atoms with E-state index >= 15 is 0 Å². The molecule has 5 heteroatoms. The van der Waals surface area contributed by atoms with Gasteiger partial charge in [0.15, 0.2) is 0 Å². The SMILES string of the molecule is CC(C(=O)O)c1ncnc2c(Br)cccc12. The smallest absolute Gasteiger partial charge is 0.312 e. The molecule has 0 aliphatic rings. The summed E-state index contributed by atoms with van der Waals surface area (Å²) in [6.07, 6.45) is 1.39. The van der Waals surface area contributed by atoms with Gasteiger partial charge in [-0.15, -0.1) is 0 Å². The first-order valence-corrected chi connectivity index (χ1v) is 5.52. The summed E-state index contributed by atoms with van der Waals surface area (Å²) in [4.78, 5) is 19.1. The first kappa shape index (κ1) is 11.0. The molecule has 4 nitrogen and oxygen atoms in total. The zero-order chi connectivity index (χ0) is 11.7. The van der Waals surface area contributed by atoms with Gasteiger partial charge < -0.3 is 5.11 Å². The van der Waals surface area contributed by atoms with E-state index in [1.165, 1.54) is 6.33 Å². The number of hydrogen-bond donors (Lipinski definition) is 1. The quantitative estimate of drug-likeness (QED) is 0.919. The Hall–Kier alpha value is -1.49. The number of carboxylic acid groups (broad SMARTS) is 1. The standard InChI is InChI=1S/C11H9BrN2O2/c1-6(11(15)16)9-7-3-2-4-8(12)10(7)14-5-13-9/h2-6H,1H3,(H,15,16). The summed E-state index contributed by atoms with van der Waals surface area (Å²) >= 11 is 3.38. The van der Waals surface area contributed by atoms with Crippen molar-refractivity contribution in [2.45, 2.75) is 12.8 Å². The number of rotatable bonds is 2. The van der Waals surface area contributed by atoms with E-state index < -0.39 is 11.9 Å². The van der Waals surface area contributed by atoms with E-state index in [0.717, 1.165) is 15.4 Å². The lowest BCUT2D eigenvalue weighted by atomic mass is 10.0. The molecule has 1 heterocycles. The zero-order valence-electron chi connectivity index (χ0n) is 8.51. The number of para-hydroxylation sites is 1. The first-order chi connectivity index (χ1) is 7.61. The second-order valence-corrected chi connectivity index (χ2v) is 4.31. The fourth-order valence-corrected chi connectivity index (χ4v) is 2.00. The third kappa shape index (κ3) is 1.78. The van der Waals surface area contributed by atoms with Crippen LogP contribution in [0.2, 0.25) is 0 Å². The molecule has 0 amide bonds. The van der Waals surface area contributed by atoms with Crippen LogP contribution in [0.25, 0.3) is 10.9 Å². The fourth-order valence-electron chi connectivity index (χ4n) is 1.53. The summed E-state index contributed by atoms with van der Waals surface area (Å²) in [7, 11) is 0. The van der Waals surface area contributed by atoms with Crippen molar-refractivity contribution in [3.8, 4) is 0 Å². The molecule has 0 fully saturated rings. The van der Waals surface area contributed by atoms with Gasteiger partial charge in [0.2, 0.25) is 0 Å². The third-order valence-electron chi connectivity index (χ3n) is 2.43. The van der Waals surface area contributed by atoms with Gasteiger partial charge in [0.05, 0.1) is 17.1 Å². The molecular weight excluding hydrogens is 272 g/mol. The number of carbonyl (C=O) groups is 1. The van der Waals surface area contributed by atoms with Crippen LogP contribution < -0.4 is 0 Å². The Morgan fingerprint density at radius 3 is 2.88 bits per heavy atom. The lowest BCUT2D eigenvalue weighted by molar-refractivity contribution is -0.138. The van der Waals surface area contributed by atoms with Gasteiger partial charge in [0.1, 0.15) is 6.33 Å². The highest BCUT2D eigenvalue weighted by atomic mass is 79.9. The molecule has 2 aromatic rings.